The van der Waals surface area contributed by atoms with Crippen molar-refractivity contribution in [2.75, 3.05) is 32.0 Å². The third-order valence-electron chi connectivity index (χ3n) is 4.16. The predicted octanol–water partition coefficient (Wildman–Crippen LogP) is 1.78. The number of hydrogen-bond acceptors (Lipinski definition) is 6. The van der Waals surface area contributed by atoms with Crippen molar-refractivity contribution in [3.05, 3.63) is 29.8 Å². The third-order valence-corrected chi connectivity index (χ3v) is 4.16. The van der Waals surface area contributed by atoms with Crippen molar-refractivity contribution in [3.63, 3.8) is 0 Å². The third kappa shape index (κ3) is 3.66. The van der Waals surface area contributed by atoms with E-state index in [1.165, 1.54) is 12.0 Å². The van der Waals surface area contributed by atoms with Gasteiger partial charge >= 0.3 is 11.9 Å². The van der Waals surface area contributed by atoms with Crippen molar-refractivity contribution >= 4 is 23.5 Å². The number of nitrogens with zero attached hydrogens (tertiary/aromatic N) is 1. The molecule has 1 aliphatic rings. The molecule has 0 saturated carbocycles. The summed E-state index contributed by atoms with van der Waals surface area (Å²) in [5, 5.41) is 0. The van der Waals surface area contributed by atoms with Gasteiger partial charge in [0.2, 0.25) is 5.91 Å². The van der Waals surface area contributed by atoms with Crippen molar-refractivity contribution in [1.82, 2.24) is 0 Å². The Morgan fingerprint density at radius 2 is 1.60 bits per heavy atom. The highest BCUT2D eigenvalue weighted by atomic mass is 16.5. The molecule has 1 aromatic carbocycles. The number of benzene rings is 1. The van der Waals surface area contributed by atoms with E-state index >= 15 is 0 Å². The first-order valence-corrected chi connectivity index (χ1v) is 8.21. The Labute approximate surface area is 146 Å². The molecule has 1 aliphatic heterocycles. The van der Waals surface area contributed by atoms with E-state index in [9.17, 15) is 14.4 Å². The quantitative estimate of drug-likeness (QED) is 0.666. The summed E-state index contributed by atoms with van der Waals surface area (Å²) in [5.74, 6) is -1.16. The van der Waals surface area contributed by atoms with Crippen LogP contribution in [0, 0.1) is 0 Å². The molecule has 7 heteroatoms. The average Bonchev–Trinajstić information content (AvgIpc) is 2.87. The molecule has 0 saturated heterocycles. The topological polar surface area (TPSA) is 82.1 Å². The average molecular weight is 349 g/mol. The molecule has 0 N–H and O–H groups in total. The summed E-state index contributed by atoms with van der Waals surface area (Å²) in [6, 6.07) is 7.17. The van der Waals surface area contributed by atoms with Gasteiger partial charge < -0.3 is 14.2 Å². The lowest BCUT2D eigenvalue weighted by Crippen LogP contribution is -2.48. The molecular formula is C18H23NO6. The molecule has 1 heterocycles. The number of methoxy groups -OCH3 is 1. The van der Waals surface area contributed by atoms with Crippen LogP contribution in [-0.2, 0) is 34.0 Å². The fourth-order valence-corrected chi connectivity index (χ4v) is 2.79. The van der Waals surface area contributed by atoms with Crippen molar-refractivity contribution in [3.8, 4) is 0 Å². The highest BCUT2D eigenvalue weighted by Crippen LogP contribution is 2.42. The van der Waals surface area contributed by atoms with Gasteiger partial charge in [0.15, 0.2) is 0 Å². The molecular weight excluding hydrogens is 326 g/mol. The lowest BCUT2D eigenvalue weighted by atomic mass is 9.83. The zero-order chi connectivity index (χ0) is 18.4. The molecule has 136 valence electrons. The van der Waals surface area contributed by atoms with Crippen LogP contribution in [0.15, 0.2) is 24.3 Å². The molecule has 0 fully saturated rings. The zero-order valence-corrected chi connectivity index (χ0v) is 14.7. The lowest BCUT2D eigenvalue weighted by molar-refractivity contribution is -0.152. The van der Waals surface area contributed by atoms with Crippen molar-refractivity contribution < 1.29 is 28.6 Å². The summed E-state index contributed by atoms with van der Waals surface area (Å²) in [6.07, 6.45) is 0.394. The number of carbonyl (C=O) groups is 3. The molecule has 1 aromatic rings. The first kappa shape index (κ1) is 18.9. The van der Waals surface area contributed by atoms with Crippen LogP contribution in [-0.4, -0.2) is 44.9 Å². The van der Waals surface area contributed by atoms with E-state index in [-0.39, 0.29) is 38.7 Å². The number of carbonyl (C=O) groups excluding carboxylic acids is 3. The van der Waals surface area contributed by atoms with E-state index in [4.69, 9.17) is 14.2 Å². The fourth-order valence-electron chi connectivity index (χ4n) is 2.79. The van der Waals surface area contributed by atoms with Gasteiger partial charge in [-0.1, -0.05) is 32.0 Å². The Hall–Kier alpha value is -2.41. The number of fused-ring (bicyclic) bond motifs is 1. The van der Waals surface area contributed by atoms with E-state index in [1.54, 1.807) is 38.1 Å². The van der Waals surface area contributed by atoms with Gasteiger partial charge in [-0.15, -0.1) is 0 Å². The molecule has 0 spiro atoms. The Kier molecular flexibility index (Phi) is 6.14. The van der Waals surface area contributed by atoms with Crippen LogP contribution in [0.25, 0.3) is 0 Å². The summed E-state index contributed by atoms with van der Waals surface area (Å²) >= 11 is 0. The second kappa shape index (κ2) is 8.11. The second-order valence-corrected chi connectivity index (χ2v) is 5.78. The number of ether oxygens (including phenoxy) is 3. The van der Waals surface area contributed by atoms with E-state index in [1.807, 2.05) is 0 Å². The maximum atomic E-state index is 13.1. The molecule has 0 aromatic heterocycles. The molecule has 25 heavy (non-hydrogen) atoms. The van der Waals surface area contributed by atoms with Gasteiger partial charge in [0.05, 0.1) is 5.69 Å². The first-order chi connectivity index (χ1) is 12.0. The highest BCUT2D eigenvalue weighted by Gasteiger charge is 2.53. The van der Waals surface area contributed by atoms with Gasteiger partial charge in [0.25, 0.3) is 0 Å². The zero-order valence-electron chi connectivity index (χ0n) is 14.7. The smallest absolute Gasteiger partial charge is 0.305 e. The van der Waals surface area contributed by atoms with E-state index in [0.29, 0.717) is 11.3 Å². The Bertz CT molecular complexity index is 637. The number of hydrogen-bond donors (Lipinski definition) is 0. The first-order valence-electron chi connectivity index (χ1n) is 8.21. The van der Waals surface area contributed by atoms with Crippen LogP contribution >= 0.6 is 0 Å². The van der Waals surface area contributed by atoms with E-state index in [2.05, 4.69) is 0 Å². The van der Waals surface area contributed by atoms with Crippen LogP contribution in [0.1, 0.15) is 32.3 Å². The summed E-state index contributed by atoms with van der Waals surface area (Å²) < 4.78 is 15.7. The minimum absolute atomic E-state index is 0.0566. The van der Waals surface area contributed by atoms with Crippen LogP contribution < -0.4 is 4.90 Å². The molecule has 0 atom stereocenters. The number of amides is 1. The minimum Gasteiger partial charge on any atom is -0.464 e. The number of para-hydroxylation sites is 1. The van der Waals surface area contributed by atoms with Gasteiger partial charge in [0, 0.05) is 20.0 Å². The summed E-state index contributed by atoms with van der Waals surface area (Å²) in [7, 11) is 1.49. The number of rotatable bonds is 8. The van der Waals surface area contributed by atoms with Gasteiger partial charge in [0.1, 0.15) is 25.4 Å². The monoisotopic (exact) mass is 349 g/mol. The van der Waals surface area contributed by atoms with Gasteiger partial charge in [-0.3, -0.25) is 19.3 Å². The molecule has 7 nitrogen and oxygen atoms in total. The van der Waals surface area contributed by atoms with Crippen molar-refractivity contribution in [2.45, 2.75) is 32.1 Å². The molecule has 0 unspecified atom stereocenters. The summed E-state index contributed by atoms with van der Waals surface area (Å²) in [4.78, 5) is 37.9. The standard InChI is InChI=1S/C18H23NO6/c1-4-15(20)24-10-18(11-25-16(21)5-2)13-8-6-7-9-14(13)19(12-23-3)17(18)22/h6-9H,4-5,10-12H2,1-3H3. The molecule has 1 amide bonds. The SMILES string of the molecule is CCC(=O)OCC1(COC(=O)CC)C(=O)N(COC)c2ccccc21. The maximum Gasteiger partial charge on any atom is 0.305 e. The van der Waals surface area contributed by atoms with Crippen molar-refractivity contribution in [1.29, 1.82) is 0 Å². The molecule has 0 radical (unpaired) electrons. The van der Waals surface area contributed by atoms with E-state index in [0.717, 1.165) is 0 Å². The van der Waals surface area contributed by atoms with Gasteiger partial charge in [-0.2, -0.15) is 0 Å². The van der Waals surface area contributed by atoms with Crippen LogP contribution in [0.3, 0.4) is 0 Å². The highest BCUT2D eigenvalue weighted by molar-refractivity contribution is 6.08. The predicted molar refractivity (Wildman–Crippen MR) is 90.0 cm³/mol. The maximum absolute atomic E-state index is 13.1. The Morgan fingerprint density at radius 1 is 1.04 bits per heavy atom. The number of anilines is 1. The molecule has 2 rings (SSSR count). The van der Waals surface area contributed by atoms with Crippen molar-refractivity contribution in [2.24, 2.45) is 0 Å². The largest absolute Gasteiger partial charge is 0.464 e. The molecule has 0 aliphatic carbocycles. The number of esters is 2. The normalized spacial score (nSPS) is 15.0. The fraction of sp³-hybridized carbons (Fsp3) is 0.500. The van der Waals surface area contributed by atoms with Gasteiger partial charge in [-0.25, -0.2) is 0 Å². The minimum atomic E-state index is -1.26. The summed E-state index contributed by atoms with van der Waals surface area (Å²) in [5.41, 5.74) is 0.0597. The Balaban J connectivity index is 2.43. The Morgan fingerprint density at radius 3 is 2.12 bits per heavy atom. The van der Waals surface area contributed by atoms with Gasteiger partial charge in [-0.05, 0) is 11.6 Å². The van der Waals surface area contributed by atoms with Crippen LogP contribution in [0.2, 0.25) is 0 Å². The summed E-state index contributed by atoms with van der Waals surface area (Å²) in [6.45, 7) is 3.03. The lowest BCUT2D eigenvalue weighted by Gasteiger charge is -2.27. The van der Waals surface area contributed by atoms with Crippen LogP contribution in [0.5, 0.6) is 0 Å². The van der Waals surface area contributed by atoms with Crippen LogP contribution in [0.4, 0.5) is 5.69 Å². The molecule has 0 bridgehead atoms. The van der Waals surface area contributed by atoms with E-state index < -0.39 is 17.4 Å². The second-order valence-electron chi connectivity index (χ2n) is 5.78.